The van der Waals surface area contributed by atoms with E-state index in [0.717, 1.165) is 0 Å². The van der Waals surface area contributed by atoms with Crippen molar-refractivity contribution in [2.24, 2.45) is 5.92 Å². The Bertz CT molecular complexity index is 450. The van der Waals surface area contributed by atoms with Gasteiger partial charge in [-0.2, -0.15) is 0 Å². The lowest BCUT2D eigenvalue weighted by Crippen LogP contribution is -2.56. The molecule has 1 saturated carbocycles. The first kappa shape index (κ1) is 19.4. The molecule has 1 rings (SSSR count). The second-order valence-corrected chi connectivity index (χ2v) is 5.92. The Kier molecular flexibility index (Phi) is 7.00. The fraction of sp³-hybridized carbons (Fsp3) is 0.812. The Labute approximate surface area is 137 Å². The molecular weight excluding hydrogens is 300 g/mol. The van der Waals surface area contributed by atoms with Gasteiger partial charge in [-0.15, -0.1) is 0 Å². The van der Waals surface area contributed by atoms with Crippen LogP contribution in [-0.4, -0.2) is 59.1 Å². The minimum Gasteiger partial charge on any atom is -0.464 e. The third-order valence-corrected chi connectivity index (χ3v) is 4.35. The van der Waals surface area contributed by atoms with E-state index in [1.807, 2.05) is 13.8 Å². The average molecular weight is 328 g/mol. The van der Waals surface area contributed by atoms with Crippen molar-refractivity contribution in [2.75, 3.05) is 19.7 Å². The molecule has 2 amide bonds. The van der Waals surface area contributed by atoms with E-state index < -0.39 is 17.5 Å². The highest BCUT2D eigenvalue weighted by molar-refractivity contribution is 5.85. The molecule has 0 bridgehead atoms. The van der Waals surface area contributed by atoms with Gasteiger partial charge in [-0.1, -0.05) is 0 Å². The molecule has 0 spiro atoms. The van der Waals surface area contributed by atoms with E-state index >= 15 is 0 Å². The summed E-state index contributed by atoms with van der Waals surface area (Å²) in [5.74, 6) is -1.72. The fourth-order valence-electron chi connectivity index (χ4n) is 3.12. The van der Waals surface area contributed by atoms with Gasteiger partial charge in [0.1, 0.15) is 0 Å². The lowest BCUT2D eigenvalue weighted by atomic mass is 9.74. The van der Waals surface area contributed by atoms with Crippen molar-refractivity contribution in [2.45, 2.75) is 58.6 Å². The first-order valence-corrected chi connectivity index (χ1v) is 8.24. The summed E-state index contributed by atoms with van der Waals surface area (Å²) < 4.78 is 4.94. The number of aliphatic hydroxyl groups is 1. The van der Waals surface area contributed by atoms with Gasteiger partial charge in [-0.25, -0.2) is 4.79 Å². The molecule has 0 aromatic carbocycles. The first-order chi connectivity index (χ1) is 10.8. The normalized spacial score (nSPS) is 27.2. The maximum Gasteiger partial charge on any atom is 0.338 e. The lowest BCUT2D eigenvalue weighted by molar-refractivity contribution is -0.172. The van der Waals surface area contributed by atoms with Crippen molar-refractivity contribution in [3.05, 3.63) is 0 Å². The van der Waals surface area contributed by atoms with Gasteiger partial charge >= 0.3 is 5.97 Å². The van der Waals surface area contributed by atoms with Crippen LogP contribution in [0.25, 0.3) is 0 Å². The quantitative estimate of drug-likeness (QED) is 0.690. The van der Waals surface area contributed by atoms with Crippen LogP contribution in [0.5, 0.6) is 0 Å². The number of nitrogens with one attached hydrogen (secondary N) is 1. The van der Waals surface area contributed by atoms with Gasteiger partial charge in [0.05, 0.1) is 12.5 Å². The molecule has 7 nitrogen and oxygen atoms in total. The fourth-order valence-corrected chi connectivity index (χ4v) is 3.12. The highest BCUT2D eigenvalue weighted by Gasteiger charge is 2.49. The maximum atomic E-state index is 12.7. The molecule has 1 aliphatic carbocycles. The summed E-state index contributed by atoms with van der Waals surface area (Å²) in [4.78, 5) is 37.8. The van der Waals surface area contributed by atoms with Crippen molar-refractivity contribution >= 4 is 17.8 Å². The number of rotatable bonds is 6. The number of carbonyl (C=O) groups excluding carboxylic acids is 3. The van der Waals surface area contributed by atoms with Crippen LogP contribution < -0.4 is 5.32 Å². The van der Waals surface area contributed by atoms with Crippen molar-refractivity contribution < 1.29 is 24.2 Å². The SMILES string of the molecule is CCOC(=O)C1(O)CC[C@@H](NC(C)=O)[C@H](C(=O)N(CC)CC)C1. The van der Waals surface area contributed by atoms with Crippen molar-refractivity contribution in [1.82, 2.24) is 10.2 Å². The zero-order valence-corrected chi connectivity index (χ0v) is 14.4. The number of hydrogen-bond donors (Lipinski definition) is 2. The van der Waals surface area contributed by atoms with Crippen molar-refractivity contribution in [1.29, 1.82) is 0 Å². The molecule has 1 aliphatic rings. The van der Waals surface area contributed by atoms with Crippen LogP contribution in [0.2, 0.25) is 0 Å². The molecule has 7 heteroatoms. The standard InChI is InChI=1S/C16H28N2O5/c1-5-18(6-2)14(20)12-10-16(22,15(21)23-7-3)9-8-13(12)17-11(4)19/h12-13,22H,5-10H2,1-4H3,(H,17,19)/t12-,13-,16?/m1/s1. The highest BCUT2D eigenvalue weighted by atomic mass is 16.5. The summed E-state index contributed by atoms with van der Waals surface area (Å²) in [5.41, 5.74) is -1.67. The van der Waals surface area contributed by atoms with Crippen LogP contribution in [-0.2, 0) is 19.1 Å². The number of esters is 1. The molecular formula is C16H28N2O5. The van der Waals surface area contributed by atoms with Crippen molar-refractivity contribution in [3.8, 4) is 0 Å². The molecule has 23 heavy (non-hydrogen) atoms. The molecule has 0 heterocycles. The van der Waals surface area contributed by atoms with Gasteiger partial charge in [0.25, 0.3) is 0 Å². The Balaban J connectivity index is 3.01. The van der Waals surface area contributed by atoms with E-state index in [4.69, 9.17) is 4.74 Å². The second-order valence-electron chi connectivity index (χ2n) is 5.92. The van der Waals surface area contributed by atoms with Crippen molar-refractivity contribution in [3.63, 3.8) is 0 Å². The Morgan fingerprint density at radius 3 is 2.35 bits per heavy atom. The monoisotopic (exact) mass is 328 g/mol. The van der Waals surface area contributed by atoms with Crippen LogP contribution in [0.3, 0.4) is 0 Å². The largest absolute Gasteiger partial charge is 0.464 e. The first-order valence-electron chi connectivity index (χ1n) is 8.24. The molecule has 0 saturated heterocycles. The van der Waals surface area contributed by atoms with Gasteiger partial charge in [0.15, 0.2) is 5.60 Å². The minimum absolute atomic E-state index is 0.0356. The van der Waals surface area contributed by atoms with Gasteiger partial charge in [-0.05, 0) is 33.6 Å². The smallest absolute Gasteiger partial charge is 0.338 e. The molecule has 0 aliphatic heterocycles. The van der Waals surface area contributed by atoms with E-state index in [2.05, 4.69) is 5.32 Å². The Hall–Kier alpha value is -1.63. The Morgan fingerprint density at radius 1 is 1.26 bits per heavy atom. The lowest BCUT2D eigenvalue weighted by Gasteiger charge is -2.40. The number of amides is 2. The molecule has 3 atom stereocenters. The molecule has 1 unspecified atom stereocenters. The van der Waals surface area contributed by atoms with Gasteiger partial charge in [0.2, 0.25) is 11.8 Å². The van der Waals surface area contributed by atoms with Gasteiger partial charge in [-0.3, -0.25) is 9.59 Å². The third kappa shape index (κ3) is 4.67. The van der Waals surface area contributed by atoms with Gasteiger partial charge in [0, 0.05) is 32.5 Å². The van der Waals surface area contributed by atoms with E-state index in [1.54, 1.807) is 11.8 Å². The summed E-state index contributed by atoms with van der Waals surface area (Å²) in [6, 6.07) is -0.379. The number of hydrogen-bond acceptors (Lipinski definition) is 5. The summed E-state index contributed by atoms with van der Waals surface area (Å²) >= 11 is 0. The number of carbonyl (C=O) groups is 3. The van der Waals surface area contributed by atoms with E-state index in [-0.39, 0.29) is 37.3 Å². The summed E-state index contributed by atoms with van der Waals surface area (Å²) in [6.45, 7) is 8.05. The van der Waals surface area contributed by atoms with Crippen LogP contribution in [0, 0.1) is 5.92 Å². The zero-order chi connectivity index (χ0) is 17.6. The topological polar surface area (TPSA) is 95.9 Å². The summed E-state index contributed by atoms with van der Waals surface area (Å²) in [6.07, 6.45) is 0.484. The van der Waals surface area contributed by atoms with Crippen LogP contribution in [0.15, 0.2) is 0 Å². The van der Waals surface area contributed by atoms with E-state index in [1.165, 1.54) is 6.92 Å². The molecule has 0 aromatic rings. The van der Waals surface area contributed by atoms with Crippen LogP contribution >= 0.6 is 0 Å². The van der Waals surface area contributed by atoms with Crippen LogP contribution in [0.1, 0.15) is 47.0 Å². The highest BCUT2D eigenvalue weighted by Crippen LogP contribution is 2.35. The predicted molar refractivity (Wildman–Crippen MR) is 84.5 cm³/mol. The summed E-state index contributed by atoms with van der Waals surface area (Å²) in [5, 5.41) is 13.4. The molecule has 2 N–H and O–H groups in total. The maximum absolute atomic E-state index is 12.7. The minimum atomic E-state index is -1.67. The molecule has 0 aromatic heterocycles. The second kappa shape index (κ2) is 8.29. The molecule has 1 fully saturated rings. The number of nitrogens with zero attached hydrogens (tertiary/aromatic N) is 1. The van der Waals surface area contributed by atoms with E-state index in [9.17, 15) is 19.5 Å². The summed E-state index contributed by atoms with van der Waals surface area (Å²) in [7, 11) is 0. The van der Waals surface area contributed by atoms with Crippen LogP contribution in [0.4, 0.5) is 0 Å². The molecule has 132 valence electrons. The third-order valence-electron chi connectivity index (χ3n) is 4.35. The van der Waals surface area contributed by atoms with E-state index in [0.29, 0.717) is 19.5 Å². The average Bonchev–Trinajstić information content (AvgIpc) is 2.50. The zero-order valence-electron chi connectivity index (χ0n) is 14.4. The number of ether oxygens (including phenoxy) is 1. The Morgan fingerprint density at radius 2 is 1.87 bits per heavy atom. The molecule has 0 radical (unpaired) electrons. The predicted octanol–water partition coefficient (Wildman–Crippen LogP) is 0.454. The van der Waals surface area contributed by atoms with Gasteiger partial charge < -0.3 is 20.1 Å².